The van der Waals surface area contributed by atoms with E-state index in [1.807, 2.05) is 31.2 Å². The van der Waals surface area contributed by atoms with Crippen molar-refractivity contribution in [3.05, 3.63) is 70.8 Å². The number of methoxy groups -OCH3 is 3. The summed E-state index contributed by atoms with van der Waals surface area (Å²) in [7, 11) is 4.74. The fourth-order valence-corrected chi connectivity index (χ4v) is 3.92. The second kappa shape index (κ2) is 7.94. The zero-order chi connectivity index (χ0) is 23.1. The summed E-state index contributed by atoms with van der Waals surface area (Å²) in [6.45, 7) is 1.91. The van der Waals surface area contributed by atoms with Gasteiger partial charge in [0.2, 0.25) is 0 Å². The molecule has 5 rings (SSSR count). The average molecular weight is 443 g/mol. The van der Waals surface area contributed by atoms with Crippen LogP contribution in [0.25, 0.3) is 33.5 Å². The maximum atomic E-state index is 13.3. The zero-order valence-electron chi connectivity index (χ0n) is 18.6. The molecular weight excluding hydrogens is 422 g/mol. The summed E-state index contributed by atoms with van der Waals surface area (Å²) >= 11 is 0. The minimum atomic E-state index is -0.329. The fraction of sp³-hybridized carbons (Fsp3) is 0.167. The van der Waals surface area contributed by atoms with E-state index < -0.39 is 0 Å². The highest BCUT2D eigenvalue weighted by Gasteiger charge is 2.18. The maximum Gasteiger partial charge on any atom is 0.285 e. The SMILES string of the molecule is COc1ccc(-c2c(C)nn3c2nnc2c(=O)n(-c4ccc(OC)cc4OC)ccc23)cc1. The molecule has 3 heterocycles. The van der Waals surface area contributed by atoms with Gasteiger partial charge in [0.15, 0.2) is 11.2 Å². The molecule has 5 aromatic rings. The Kier molecular flexibility index (Phi) is 4.93. The van der Waals surface area contributed by atoms with E-state index in [0.717, 1.165) is 22.6 Å². The van der Waals surface area contributed by atoms with Crippen LogP contribution in [0, 0.1) is 6.92 Å². The van der Waals surface area contributed by atoms with Crippen LogP contribution in [0.2, 0.25) is 0 Å². The molecule has 0 unspecified atom stereocenters. The minimum Gasteiger partial charge on any atom is -0.497 e. The molecule has 0 saturated carbocycles. The Morgan fingerprint density at radius 1 is 0.848 bits per heavy atom. The second-order valence-electron chi connectivity index (χ2n) is 7.39. The fourth-order valence-electron chi connectivity index (χ4n) is 3.92. The molecule has 2 aromatic carbocycles. The van der Waals surface area contributed by atoms with Crippen molar-refractivity contribution < 1.29 is 14.2 Å². The smallest absolute Gasteiger partial charge is 0.285 e. The second-order valence-corrected chi connectivity index (χ2v) is 7.39. The van der Waals surface area contributed by atoms with Crippen molar-refractivity contribution in [1.29, 1.82) is 0 Å². The van der Waals surface area contributed by atoms with Crippen LogP contribution < -0.4 is 19.8 Å². The molecule has 0 bridgehead atoms. The summed E-state index contributed by atoms with van der Waals surface area (Å²) < 4.78 is 19.1. The Balaban J connectivity index is 1.70. The van der Waals surface area contributed by atoms with Crippen molar-refractivity contribution >= 4 is 16.7 Å². The van der Waals surface area contributed by atoms with Crippen LogP contribution in [0.15, 0.2) is 59.5 Å². The van der Waals surface area contributed by atoms with E-state index in [1.54, 1.807) is 56.3 Å². The van der Waals surface area contributed by atoms with Crippen LogP contribution >= 0.6 is 0 Å². The first-order valence-electron chi connectivity index (χ1n) is 10.2. The first-order chi connectivity index (χ1) is 16.0. The minimum absolute atomic E-state index is 0.201. The average Bonchev–Trinajstić information content (AvgIpc) is 3.20. The third kappa shape index (κ3) is 3.25. The predicted molar refractivity (Wildman–Crippen MR) is 124 cm³/mol. The van der Waals surface area contributed by atoms with Crippen molar-refractivity contribution in [2.45, 2.75) is 6.92 Å². The number of benzene rings is 2. The van der Waals surface area contributed by atoms with Crippen LogP contribution in [0.3, 0.4) is 0 Å². The molecule has 0 aliphatic rings. The molecule has 0 saturated heterocycles. The van der Waals surface area contributed by atoms with Gasteiger partial charge < -0.3 is 14.2 Å². The van der Waals surface area contributed by atoms with E-state index in [4.69, 9.17) is 14.2 Å². The van der Waals surface area contributed by atoms with Crippen molar-refractivity contribution in [2.24, 2.45) is 0 Å². The number of pyridine rings is 1. The van der Waals surface area contributed by atoms with Gasteiger partial charge in [0, 0.05) is 12.3 Å². The van der Waals surface area contributed by atoms with Crippen LogP contribution in [0.4, 0.5) is 0 Å². The van der Waals surface area contributed by atoms with E-state index >= 15 is 0 Å². The normalized spacial score (nSPS) is 11.2. The molecule has 0 spiro atoms. The number of nitrogens with zero attached hydrogens (tertiary/aromatic N) is 5. The summed E-state index contributed by atoms with van der Waals surface area (Å²) in [6.07, 6.45) is 1.68. The van der Waals surface area contributed by atoms with Crippen LogP contribution in [0.5, 0.6) is 17.2 Å². The Morgan fingerprint density at radius 2 is 1.58 bits per heavy atom. The van der Waals surface area contributed by atoms with E-state index in [1.165, 1.54) is 4.57 Å². The summed E-state index contributed by atoms with van der Waals surface area (Å²) in [5.41, 5.74) is 4.16. The Hall–Kier alpha value is -4.40. The molecule has 0 atom stereocenters. The number of rotatable bonds is 5. The van der Waals surface area contributed by atoms with Gasteiger partial charge in [-0.1, -0.05) is 12.1 Å². The molecule has 9 heteroatoms. The zero-order valence-corrected chi connectivity index (χ0v) is 18.6. The lowest BCUT2D eigenvalue weighted by Crippen LogP contribution is -2.20. The highest BCUT2D eigenvalue weighted by atomic mass is 16.5. The lowest BCUT2D eigenvalue weighted by molar-refractivity contribution is 0.393. The molecule has 0 aliphatic carbocycles. The van der Waals surface area contributed by atoms with Gasteiger partial charge in [-0.25, -0.2) is 4.52 Å². The molecule has 9 nitrogen and oxygen atoms in total. The van der Waals surface area contributed by atoms with E-state index in [-0.39, 0.29) is 11.1 Å². The van der Waals surface area contributed by atoms with Crippen LogP contribution in [0.1, 0.15) is 5.69 Å². The van der Waals surface area contributed by atoms with E-state index in [9.17, 15) is 4.79 Å². The van der Waals surface area contributed by atoms with Gasteiger partial charge in [-0.3, -0.25) is 9.36 Å². The van der Waals surface area contributed by atoms with Crippen LogP contribution in [-0.2, 0) is 0 Å². The summed E-state index contributed by atoms with van der Waals surface area (Å²) in [5.74, 6) is 1.89. The van der Waals surface area contributed by atoms with Gasteiger partial charge in [-0.05, 0) is 42.8 Å². The largest absolute Gasteiger partial charge is 0.497 e. The molecule has 0 fully saturated rings. The molecule has 0 N–H and O–H groups in total. The van der Waals surface area contributed by atoms with Crippen LogP contribution in [-0.4, -0.2) is 45.7 Å². The van der Waals surface area contributed by atoms with E-state index in [2.05, 4.69) is 15.3 Å². The van der Waals surface area contributed by atoms with Crippen molar-refractivity contribution in [3.8, 4) is 34.1 Å². The lowest BCUT2D eigenvalue weighted by Gasteiger charge is -2.13. The maximum absolute atomic E-state index is 13.3. The van der Waals surface area contributed by atoms with Gasteiger partial charge in [0.05, 0.1) is 38.3 Å². The summed E-state index contributed by atoms with van der Waals surface area (Å²) in [5, 5.41) is 13.3. The lowest BCUT2D eigenvalue weighted by atomic mass is 10.1. The molecule has 0 amide bonds. The third-order valence-electron chi connectivity index (χ3n) is 5.58. The Labute approximate surface area is 188 Å². The van der Waals surface area contributed by atoms with Gasteiger partial charge in [-0.15, -0.1) is 10.2 Å². The molecule has 33 heavy (non-hydrogen) atoms. The number of ether oxygens (including phenoxy) is 3. The predicted octanol–water partition coefficient (Wildman–Crippen LogP) is 3.43. The van der Waals surface area contributed by atoms with Gasteiger partial charge >= 0.3 is 0 Å². The van der Waals surface area contributed by atoms with Crippen molar-refractivity contribution in [3.63, 3.8) is 0 Å². The summed E-state index contributed by atoms with van der Waals surface area (Å²) in [4.78, 5) is 13.3. The molecular formula is C24H21N5O4. The van der Waals surface area contributed by atoms with Gasteiger partial charge in [-0.2, -0.15) is 5.10 Å². The number of fused-ring (bicyclic) bond motifs is 3. The number of hydrogen-bond donors (Lipinski definition) is 0. The number of aryl methyl sites for hydroxylation is 1. The topological polar surface area (TPSA) is 92.8 Å². The quantitative estimate of drug-likeness (QED) is 0.411. The molecule has 0 radical (unpaired) electrons. The molecule has 0 aliphatic heterocycles. The van der Waals surface area contributed by atoms with Crippen molar-refractivity contribution in [1.82, 2.24) is 24.4 Å². The standard InChI is InChI=1S/C24H21N5O4/c1-14-21(15-5-7-16(31-2)8-6-15)23-26-25-22-19(29(23)27-14)11-12-28(24(22)30)18-10-9-17(32-3)13-20(18)33-4/h5-13H,1-4H3. The van der Waals surface area contributed by atoms with Gasteiger partial charge in [0.1, 0.15) is 22.8 Å². The highest BCUT2D eigenvalue weighted by Crippen LogP contribution is 2.30. The number of hydrogen-bond acceptors (Lipinski definition) is 7. The summed E-state index contributed by atoms with van der Waals surface area (Å²) in [6, 6.07) is 14.7. The Morgan fingerprint density at radius 3 is 2.27 bits per heavy atom. The van der Waals surface area contributed by atoms with Crippen molar-refractivity contribution in [2.75, 3.05) is 21.3 Å². The highest BCUT2D eigenvalue weighted by molar-refractivity contribution is 5.84. The first-order valence-corrected chi connectivity index (χ1v) is 10.2. The Bertz CT molecular complexity index is 1550. The molecule has 3 aromatic heterocycles. The molecule has 166 valence electrons. The monoisotopic (exact) mass is 443 g/mol. The van der Waals surface area contributed by atoms with E-state index in [0.29, 0.717) is 28.4 Å². The number of aromatic nitrogens is 5. The third-order valence-corrected chi connectivity index (χ3v) is 5.58. The first kappa shape index (κ1) is 20.5. The van der Waals surface area contributed by atoms with Gasteiger partial charge in [0.25, 0.3) is 5.56 Å².